The molecular formula is C45H75N10O20P3S. The van der Waals surface area contributed by atoms with E-state index in [0.717, 1.165) is 19.3 Å². The number of hydrogen-bond acceptors (Lipinski definition) is 26. The first-order valence-electron chi connectivity index (χ1n) is 26.1. The number of hydrogen-bond donors (Lipinski definition) is 7. The SMILES string of the molecule is CCCCCCCCCCCCCC(=O)OCCSP(=O)(O)OC[C@H]1OCC(OP(=O)(O)OC[C@@H](OCn2cnc3c(N)ncnc32)C(O)COP(=O)(O)OC[C@]2(OCn3cnc4c(N)ncnc43)CCCOC2CO)C1OC. The van der Waals surface area contributed by atoms with Gasteiger partial charge in [-0.15, -0.1) is 0 Å². The van der Waals surface area contributed by atoms with E-state index in [1.54, 1.807) is 0 Å². The molecule has 0 spiro atoms. The van der Waals surface area contributed by atoms with Gasteiger partial charge in [0, 0.05) is 25.9 Å². The Morgan fingerprint density at radius 3 is 2.08 bits per heavy atom. The van der Waals surface area contributed by atoms with Crippen LogP contribution in [0.2, 0.25) is 0 Å². The maximum atomic E-state index is 13.5. The standard InChI is InChI=1S/C45H75N10O20P3S/c1-3-4-5-6-7-8-9-10-11-12-13-15-37(58)67-18-19-79-78(63,64)73-24-34-40(65-2)35(22-68-34)75-77(61,62)72-23-33(69-30-54-28-52-38-41(46)48-26-50-43(38)54)32(57)21-71-76(59,60)74-25-45(16-14-17-66-36(45)20-56)70-31-55-29-53-39-42(47)49-27-51-44(39)55/h26-29,32-36,40,56-57H,3-25,30-31H2,1-2H3,(H,59,60)(H,61,62)(H,63,64)(H2,46,48,50)(H2,47,49,51)/t32?,33-,34-,35?,36?,40?,45-/m1/s1. The Morgan fingerprint density at radius 1 is 0.823 bits per heavy atom. The summed E-state index contributed by atoms with van der Waals surface area (Å²) < 4.78 is 103. The lowest BCUT2D eigenvalue weighted by atomic mass is 9.90. The fourth-order valence-electron chi connectivity index (χ4n) is 8.71. The van der Waals surface area contributed by atoms with Gasteiger partial charge in [-0.1, -0.05) is 71.1 Å². The Balaban J connectivity index is 0.975. The van der Waals surface area contributed by atoms with Gasteiger partial charge in [0.15, 0.2) is 22.9 Å². The third kappa shape index (κ3) is 20.2. The number of imidazole rings is 2. The number of carbonyl (C=O) groups is 1. The van der Waals surface area contributed by atoms with Crippen LogP contribution < -0.4 is 11.5 Å². The number of phosphoric ester groups is 2. The summed E-state index contributed by atoms with van der Waals surface area (Å²) in [5.74, 6) is -0.215. The van der Waals surface area contributed by atoms with Crippen LogP contribution in [-0.4, -0.2) is 178 Å². The van der Waals surface area contributed by atoms with Crippen LogP contribution >= 0.6 is 33.8 Å². The minimum absolute atomic E-state index is 0.0216. The summed E-state index contributed by atoms with van der Waals surface area (Å²) in [5.41, 5.74) is 11.4. The van der Waals surface area contributed by atoms with Crippen molar-refractivity contribution in [2.45, 2.75) is 153 Å². The first kappa shape index (κ1) is 64.8. The second-order valence-corrected chi connectivity index (χ2v) is 25.7. The highest BCUT2D eigenvalue weighted by Gasteiger charge is 2.47. The van der Waals surface area contributed by atoms with E-state index in [0.29, 0.717) is 35.4 Å². The van der Waals surface area contributed by atoms with Crippen LogP contribution in [0.1, 0.15) is 96.8 Å². The van der Waals surface area contributed by atoms with Crippen LogP contribution in [0.25, 0.3) is 22.3 Å². The number of esters is 1. The number of fused-ring (bicyclic) bond motifs is 2. The van der Waals surface area contributed by atoms with Gasteiger partial charge < -0.3 is 64.8 Å². The predicted molar refractivity (Wildman–Crippen MR) is 283 cm³/mol. The summed E-state index contributed by atoms with van der Waals surface area (Å²) >= 11 is 0.558. The number of carbonyl (C=O) groups excluding carboxylic acids is 1. The molecule has 2 fully saturated rings. The van der Waals surface area contributed by atoms with Crippen molar-refractivity contribution in [2.75, 3.05) is 77.2 Å². The molecule has 0 saturated carbocycles. The topological polar surface area (TPSA) is 410 Å². The van der Waals surface area contributed by atoms with Crippen LogP contribution in [0, 0.1) is 0 Å². The van der Waals surface area contributed by atoms with Gasteiger partial charge in [0.2, 0.25) is 0 Å². The maximum Gasteiger partial charge on any atom is 0.472 e. The normalized spacial score (nSPS) is 22.9. The highest BCUT2D eigenvalue weighted by Crippen LogP contribution is 2.56. The second kappa shape index (κ2) is 31.9. The summed E-state index contributed by atoms with van der Waals surface area (Å²) in [4.78, 5) is 69.1. The average molecular weight is 1200 g/mol. The summed E-state index contributed by atoms with van der Waals surface area (Å²) in [6, 6.07) is 0. The largest absolute Gasteiger partial charge is 0.472 e. The summed E-state index contributed by atoms with van der Waals surface area (Å²) in [6.07, 6.45) is 10.7. The number of anilines is 2. The van der Waals surface area contributed by atoms with E-state index in [9.17, 15) is 43.4 Å². The zero-order chi connectivity index (χ0) is 56.9. The number of nitrogens with zero attached hydrogens (tertiary/aromatic N) is 8. The lowest BCUT2D eigenvalue weighted by Crippen LogP contribution is -2.54. The molecule has 6 heterocycles. The van der Waals surface area contributed by atoms with Gasteiger partial charge in [-0.05, 0) is 30.6 Å². The van der Waals surface area contributed by atoms with Gasteiger partial charge in [0.1, 0.15) is 86.0 Å². The molecule has 7 unspecified atom stereocenters. The quantitative estimate of drug-likeness (QED) is 0.0183. The van der Waals surface area contributed by atoms with E-state index in [1.807, 2.05) is 0 Å². The average Bonchev–Trinajstić information content (AvgIpc) is 4.19. The molecule has 0 amide bonds. The first-order chi connectivity index (χ1) is 37.9. The molecule has 2 saturated heterocycles. The fraction of sp³-hybridized carbons (Fsp3) is 0.756. The van der Waals surface area contributed by atoms with Gasteiger partial charge in [-0.2, -0.15) is 0 Å². The van der Waals surface area contributed by atoms with Crippen molar-refractivity contribution < 1.29 is 94.4 Å². The number of rotatable bonds is 39. The van der Waals surface area contributed by atoms with E-state index in [1.165, 1.54) is 86.5 Å². The number of aromatic nitrogens is 8. The molecule has 0 aliphatic carbocycles. The zero-order valence-electron chi connectivity index (χ0n) is 44.3. The molecule has 2 aliphatic rings. The predicted octanol–water partition coefficient (Wildman–Crippen LogP) is 4.56. The monoisotopic (exact) mass is 1200 g/mol. The van der Waals surface area contributed by atoms with E-state index in [4.69, 9.17) is 62.5 Å². The van der Waals surface area contributed by atoms with E-state index < -0.39 is 104 Å². The number of ether oxygens (including phenoxy) is 6. The Morgan fingerprint density at radius 2 is 1.44 bits per heavy atom. The second-order valence-electron chi connectivity index (χ2n) is 18.8. The molecule has 79 heavy (non-hydrogen) atoms. The van der Waals surface area contributed by atoms with Crippen molar-refractivity contribution in [3.8, 4) is 0 Å². The number of unbranched alkanes of at least 4 members (excludes halogenated alkanes) is 10. The minimum Gasteiger partial charge on any atom is -0.465 e. The number of methoxy groups -OCH3 is 1. The summed E-state index contributed by atoms with van der Waals surface area (Å²) in [7, 11) is -8.94. The summed E-state index contributed by atoms with van der Waals surface area (Å²) in [5, 5.41) is 21.6. The number of phosphoric acid groups is 2. The van der Waals surface area contributed by atoms with Crippen molar-refractivity contribution >= 4 is 73.8 Å². The molecule has 4 aromatic heterocycles. The van der Waals surface area contributed by atoms with E-state index >= 15 is 0 Å². The minimum atomic E-state index is -5.11. The number of aliphatic hydroxyl groups is 2. The van der Waals surface area contributed by atoms with Gasteiger partial charge in [0.05, 0.1) is 52.3 Å². The smallest absolute Gasteiger partial charge is 0.465 e. The van der Waals surface area contributed by atoms with Gasteiger partial charge in [0.25, 0.3) is 0 Å². The molecule has 9 N–H and O–H groups in total. The number of aliphatic hydroxyl groups excluding tert-OH is 2. The van der Waals surface area contributed by atoms with Crippen LogP contribution in [0.5, 0.6) is 0 Å². The Labute approximate surface area is 460 Å². The molecule has 0 aromatic carbocycles. The lowest BCUT2D eigenvalue weighted by molar-refractivity contribution is -0.216. The summed E-state index contributed by atoms with van der Waals surface area (Å²) in [6.45, 7) is -6.51. The molecule has 34 heteroatoms. The molecule has 0 bridgehead atoms. The molecule has 0 radical (unpaired) electrons. The molecule has 30 nitrogen and oxygen atoms in total. The number of nitrogen functional groups attached to an aromatic ring is 2. The van der Waals surface area contributed by atoms with Gasteiger partial charge in [-0.25, -0.2) is 43.6 Å². The van der Waals surface area contributed by atoms with E-state index in [2.05, 4.69) is 36.8 Å². The number of nitrogens with two attached hydrogens (primary N) is 2. The Bertz CT molecular complexity index is 2650. The van der Waals surface area contributed by atoms with Crippen molar-refractivity contribution in [3.05, 3.63) is 25.3 Å². The van der Waals surface area contributed by atoms with Crippen molar-refractivity contribution in [1.82, 2.24) is 39.0 Å². The molecule has 6 rings (SSSR count). The van der Waals surface area contributed by atoms with Gasteiger partial charge in [-0.3, -0.25) is 36.5 Å². The van der Waals surface area contributed by atoms with Crippen LogP contribution in [0.4, 0.5) is 11.6 Å². The van der Waals surface area contributed by atoms with Crippen molar-refractivity contribution in [3.63, 3.8) is 0 Å². The molecule has 4 aromatic rings. The Hall–Kier alpha value is -3.39. The van der Waals surface area contributed by atoms with Crippen molar-refractivity contribution in [2.24, 2.45) is 0 Å². The van der Waals surface area contributed by atoms with Crippen LogP contribution in [0.3, 0.4) is 0 Å². The fourth-order valence-corrected chi connectivity index (χ4v) is 12.5. The lowest BCUT2D eigenvalue weighted by Gasteiger charge is -2.42. The third-order valence-electron chi connectivity index (χ3n) is 13.0. The van der Waals surface area contributed by atoms with Crippen LogP contribution in [0.15, 0.2) is 25.3 Å². The highest BCUT2D eigenvalue weighted by molar-refractivity contribution is 8.54. The Kier molecular flexibility index (Phi) is 26.1. The van der Waals surface area contributed by atoms with Crippen molar-refractivity contribution in [1.29, 1.82) is 0 Å². The highest BCUT2D eigenvalue weighted by atomic mass is 32.7. The van der Waals surface area contributed by atoms with E-state index in [-0.39, 0.29) is 73.9 Å². The molecular weight excluding hydrogens is 1130 g/mol. The first-order valence-corrected chi connectivity index (χ1v) is 32.2. The van der Waals surface area contributed by atoms with Gasteiger partial charge >= 0.3 is 28.4 Å². The van der Waals surface area contributed by atoms with Crippen LogP contribution in [-0.2, 0) is 83.0 Å². The molecule has 2 aliphatic heterocycles. The zero-order valence-corrected chi connectivity index (χ0v) is 47.8. The third-order valence-corrected chi connectivity index (χ3v) is 18.0. The maximum absolute atomic E-state index is 13.5. The molecule has 10 atom stereocenters. The molecule has 446 valence electrons.